The zero-order valence-electron chi connectivity index (χ0n) is 14.6. The number of carbonyl (C=O) groups excluding carboxylic acids is 2. The van der Waals surface area contributed by atoms with Crippen LogP contribution in [-0.4, -0.2) is 32.5 Å². The number of amides is 2. The minimum atomic E-state index is -0.168. The van der Waals surface area contributed by atoms with Gasteiger partial charge in [0.05, 0.1) is 0 Å². The van der Waals surface area contributed by atoms with Gasteiger partial charge < -0.3 is 15.1 Å². The van der Waals surface area contributed by atoms with Gasteiger partial charge in [0.15, 0.2) is 0 Å². The van der Waals surface area contributed by atoms with Crippen molar-refractivity contribution in [3.8, 4) is 0 Å². The number of anilines is 3. The lowest BCUT2D eigenvalue weighted by molar-refractivity contribution is -0.117. The number of carbonyl (C=O) groups is 2. The van der Waals surface area contributed by atoms with Gasteiger partial charge in [-0.1, -0.05) is 17.7 Å². The number of benzene rings is 2. The molecule has 0 aliphatic rings. The first-order valence-electron chi connectivity index (χ1n) is 7.97. The molecule has 0 bridgehead atoms. The largest absolute Gasteiger partial charge is 0.378 e. The van der Waals surface area contributed by atoms with E-state index in [2.05, 4.69) is 5.32 Å². The van der Waals surface area contributed by atoms with Crippen molar-refractivity contribution < 1.29 is 9.59 Å². The van der Waals surface area contributed by atoms with Crippen LogP contribution in [0.15, 0.2) is 48.5 Å². The van der Waals surface area contributed by atoms with Crippen molar-refractivity contribution in [3.05, 3.63) is 53.6 Å². The van der Waals surface area contributed by atoms with Gasteiger partial charge >= 0.3 is 0 Å². The summed E-state index contributed by atoms with van der Waals surface area (Å²) in [6, 6.07) is 14.6. The highest BCUT2D eigenvalue weighted by atomic mass is 35.5. The molecule has 5 nitrogen and oxygen atoms in total. The SMILES string of the molecule is CC(=O)N(CCC(=O)Nc1cccc(Cl)c1)c1ccc(N(C)C)cc1. The minimum absolute atomic E-state index is 0.104. The molecule has 0 aliphatic carbocycles. The van der Waals surface area contributed by atoms with Crippen LogP contribution in [0.5, 0.6) is 0 Å². The van der Waals surface area contributed by atoms with E-state index in [1.807, 2.05) is 43.3 Å². The highest BCUT2D eigenvalue weighted by Crippen LogP contribution is 2.20. The van der Waals surface area contributed by atoms with Gasteiger partial charge in [-0.15, -0.1) is 0 Å². The van der Waals surface area contributed by atoms with Crippen LogP contribution in [0.1, 0.15) is 13.3 Å². The van der Waals surface area contributed by atoms with E-state index >= 15 is 0 Å². The minimum Gasteiger partial charge on any atom is -0.378 e. The molecule has 1 N–H and O–H groups in total. The van der Waals surface area contributed by atoms with E-state index in [-0.39, 0.29) is 18.2 Å². The Morgan fingerprint density at radius 3 is 2.24 bits per heavy atom. The van der Waals surface area contributed by atoms with Crippen molar-refractivity contribution in [1.29, 1.82) is 0 Å². The molecule has 2 rings (SSSR count). The van der Waals surface area contributed by atoms with Crippen LogP contribution >= 0.6 is 11.6 Å². The average Bonchev–Trinajstić information content (AvgIpc) is 2.55. The van der Waals surface area contributed by atoms with Crippen molar-refractivity contribution in [2.45, 2.75) is 13.3 Å². The smallest absolute Gasteiger partial charge is 0.226 e. The molecular formula is C19H22ClN3O2. The first kappa shape index (κ1) is 18.8. The van der Waals surface area contributed by atoms with E-state index in [1.165, 1.54) is 6.92 Å². The molecule has 0 spiro atoms. The summed E-state index contributed by atoms with van der Waals surface area (Å²) in [7, 11) is 3.91. The molecule has 132 valence electrons. The van der Waals surface area contributed by atoms with Crippen molar-refractivity contribution in [2.24, 2.45) is 0 Å². The molecule has 0 atom stereocenters. The predicted octanol–water partition coefficient (Wildman–Crippen LogP) is 3.79. The van der Waals surface area contributed by atoms with Crippen molar-refractivity contribution in [3.63, 3.8) is 0 Å². The molecule has 25 heavy (non-hydrogen) atoms. The first-order chi connectivity index (χ1) is 11.9. The molecule has 0 aliphatic heterocycles. The fourth-order valence-electron chi connectivity index (χ4n) is 2.40. The van der Waals surface area contributed by atoms with E-state index in [0.29, 0.717) is 17.3 Å². The Morgan fingerprint density at radius 1 is 1.04 bits per heavy atom. The summed E-state index contributed by atoms with van der Waals surface area (Å²) in [5.41, 5.74) is 2.46. The third-order valence-electron chi connectivity index (χ3n) is 3.73. The molecule has 6 heteroatoms. The maximum atomic E-state index is 12.1. The summed E-state index contributed by atoms with van der Waals surface area (Å²) in [5, 5.41) is 3.34. The number of halogens is 1. The molecule has 0 heterocycles. The predicted molar refractivity (Wildman–Crippen MR) is 103 cm³/mol. The van der Waals surface area contributed by atoms with E-state index < -0.39 is 0 Å². The first-order valence-corrected chi connectivity index (χ1v) is 8.35. The van der Waals surface area contributed by atoms with Gasteiger partial charge in [-0.3, -0.25) is 9.59 Å². The lowest BCUT2D eigenvalue weighted by Crippen LogP contribution is -2.32. The normalized spacial score (nSPS) is 10.2. The summed E-state index contributed by atoms with van der Waals surface area (Å²) in [6.07, 6.45) is 0.196. The van der Waals surface area contributed by atoms with Crippen molar-refractivity contribution in [1.82, 2.24) is 0 Å². The zero-order valence-corrected chi connectivity index (χ0v) is 15.4. The van der Waals surface area contributed by atoms with Crippen LogP contribution in [-0.2, 0) is 9.59 Å². The fourth-order valence-corrected chi connectivity index (χ4v) is 2.59. The molecule has 2 amide bonds. The van der Waals surface area contributed by atoms with Crippen molar-refractivity contribution >= 4 is 40.5 Å². The molecule has 0 saturated heterocycles. The van der Waals surface area contributed by atoms with Crippen LogP contribution in [0.3, 0.4) is 0 Å². The summed E-state index contributed by atoms with van der Waals surface area (Å²) in [5.74, 6) is -0.272. The third-order valence-corrected chi connectivity index (χ3v) is 3.96. The summed E-state index contributed by atoms with van der Waals surface area (Å²) in [4.78, 5) is 27.7. The Hall–Kier alpha value is -2.53. The number of nitrogens with zero attached hydrogens (tertiary/aromatic N) is 2. The van der Waals surface area contributed by atoms with Gasteiger partial charge in [0, 0.05) is 56.1 Å². The quantitative estimate of drug-likeness (QED) is 0.853. The molecule has 0 unspecified atom stereocenters. The van der Waals surface area contributed by atoms with Crippen LogP contribution in [0.2, 0.25) is 5.02 Å². The number of hydrogen-bond donors (Lipinski definition) is 1. The Kier molecular flexibility index (Phi) is 6.42. The fraction of sp³-hybridized carbons (Fsp3) is 0.263. The highest BCUT2D eigenvalue weighted by Gasteiger charge is 2.14. The second-order valence-corrected chi connectivity index (χ2v) is 6.33. The summed E-state index contributed by atoms with van der Waals surface area (Å²) in [6.45, 7) is 1.80. The van der Waals surface area contributed by atoms with Gasteiger partial charge in [-0.2, -0.15) is 0 Å². The van der Waals surface area contributed by atoms with E-state index in [1.54, 1.807) is 29.2 Å². The lowest BCUT2D eigenvalue weighted by atomic mass is 10.2. The standard InChI is InChI=1S/C19H22ClN3O2/c1-14(24)23(18-9-7-17(8-10-18)22(2)3)12-11-19(25)21-16-6-4-5-15(20)13-16/h4-10,13H,11-12H2,1-3H3,(H,21,25). The van der Waals surface area contributed by atoms with Crippen LogP contribution < -0.4 is 15.1 Å². The Morgan fingerprint density at radius 2 is 1.68 bits per heavy atom. The van der Waals surface area contributed by atoms with E-state index in [4.69, 9.17) is 11.6 Å². The maximum Gasteiger partial charge on any atom is 0.226 e. The van der Waals surface area contributed by atoms with Gasteiger partial charge in [-0.25, -0.2) is 0 Å². The number of hydrogen-bond acceptors (Lipinski definition) is 3. The molecule has 2 aromatic rings. The molecule has 0 fully saturated rings. The van der Waals surface area contributed by atoms with Gasteiger partial charge in [0.2, 0.25) is 11.8 Å². The molecule has 0 aromatic heterocycles. The topological polar surface area (TPSA) is 52.7 Å². The van der Waals surface area contributed by atoms with Crippen LogP contribution in [0.25, 0.3) is 0 Å². The number of rotatable bonds is 6. The Balaban J connectivity index is 1.99. The summed E-state index contributed by atoms with van der Waals surface area (Å²) >= 11 is 5.90. The Bertz CT molecular complexity index is 745. The molecule has 0 saturated carbocycles. The average molecular weight is 360 g/mol. The summed E-state index contributed by atoms with van der Waals surface area (Å²) < 4.78 is 0. The zero-order chi connectivity index (χ0) is 18.4. The molecule has 2 aromatic carbocycles. The Labute approximate surface area is 153 Å². The maximum absolute atomic E-state index is 12.1. The van der Waals surface area contributed by atoms with Crippen LogP contribution in [0.4, 0.5) is 17.1 Å². The second kappa shape index (κ2) is 8.53. The van der Waals surface area contributed by atoms with Gasteiger partial charge in [0.1, 0.15) is 0 Å². The molecule has 0 radical (unpaired) electrons. The van der Waals surface area contributed by atoms with E-state index in [0.717, 1.165) is 11.4 Å². The van der Waals surface area contributed by atoms with Crippen molar-refractivity contribution in [2.75, 3.05) is 35.8 Å². The number of nitrogens with one attached hydrogen (secondary N) is 1. The van der Waals surface area contributed by atoms with Crippen LogP contribution in [0, 0.1) is 0 Å². The lowest BCUT2D eigenvalue weighted by Gasteiger charge is -2.22. The third kappa shape index (κ3) is 5.50. The second-order valence-electron chi connectivity index (χ2n) is 5.89. The molecular weight excluding hydrogens is 338 g/mol. The highest BCUT2D eigenvalue weighted by molar-refractivity contribution is 6.30. The van der Waals surface area contributed by atoms with Gasteiger partial charge in [-0.05, 0) is 42.5 Å². The van der Waals surface area contributed by atoms with E-state index in [9.17, 15) is 9.59 Å². The monoisotopic (exact) mass is 359 g/mol. The van der Waals surface area contributed by atoms with Gasteiger partial charge in [0.25, 0.3) is 0 Å².